The lowest BCUT2D eigenvalue weighted by atomic mass is 10.00. The van der Waals surface area contributed by atoms with Crippen molar-refractivity contribution in [2.24, 2.45) is 0 Å². The van der Waals surface area contributed by atoms with E-state index in [2.05, 4.69) is 83.4 Å². The van der Waals surface area contributed by atoms with E-state index in [1.807, 2.05) is 18.3 Å². The Balaban J connectivity index is 1.78. The highest BCUT2D eigenvalue weighted by Crippen LogP contribution is 2.41. The van der Waals surface area contributed by atoms with Crippen molar-refractivity contribution in [3.63, 3.8) is 0 Å². The maximum atomic E-state index is 5.74. The summed E-state index contributed by atoms with van der Waals surface area (Å²) < 4.78 is 0. The molecule has 5 heteroatoms. The summed E-state index contributed by atoms with van der Waals surface area (Å²) in [5, 5.41) is 4.21. The maximum absolute atomic E-state index is 5.74. The molecule has 27 heavy (non-hydrogen) atoms. The number of aromatic amines is 1. The molecule has 1 aliphatic heterocycles. The Kier molecular flexibility index (Phi) is 4.70. The van der Waals surface area contributed by atoms with Gasteiger partial charge in [0, 0.05) is 23.3 Å². The summed E-state index contributed by atoms with van der Waals surface area (Å²) in [5.74, 6) is 0.505. The molecule has 3 heterocycles. The zero-order chi connectivity index (χ0) is 19.0. The second kappa shape index (κ2) is 7.16. The number of anilines is 1. The van der Waals surface area contributed by atoms with Crippen molar-refractivity contribution in [2.45, 2.75) is 38.8 Å². The normalized spacial score (nSPS) is 19.6. The second-order valence-corrected chi connectivity index (χ2v) is 7.73. The highest BCUT2D eigenvalue weighted by Gasteiger charge is 2.41. The van der Waals surface area contributed by atoms with Crippen LogP contribution in [0.3, 0.4) is 0 Å². The fourth-order valence-corrected chi connectivity index (χ4v) is 4.01. The number of pyridine rings is 1. The van der Waals surface area contributed by atoms with E-state index in [1.54, 1.807) is 0 Å². The number of H-pyrrole nitrogens is 1. The van der Waals surface area contributed by atoms with Crippen molar-refractivity contribution in [1.29, 1.82) is 0 Å². The molecule has 0 spiro atoms. The molecule has 2 aromatic heterocycles. The van der Waals surface area contributed by atoms with Gasteiger partial charge in [-0.2, -0.15) is 0 Å². The third-order valence-corrected chi connectivity index (χ3v) is 5.42. The fourth-order valence-electron chi connectivity index (χ4n) is 3.67. The Hall–Kier alpha value is -2.66. The van der Waals surface area contributed by atoms with Gasteiger partial charge in [0.2, 0.25) is 0 Å². The van der Waals surface area contributed by atoms with Gasteiger partial charge in [0.1, 0.15) is 6.04 Å². The first-order valence-corrected chi connectivity index (χ1v) is 9.71. The zero-order valence-corrected chi connectivity index (χ0v) is 16.6. The summed E-state index contributed by atoms with van der Waals surface area (Å²) in [5.41, 5.74) is 5.66. The Bertz CT molecular complexity index is 930. The smallest absolute Gasteiger partial charge is 0.174 e. The van der Waals surface area contributed by atoms with Gasteiger partial charge in [-0.15, -0.1) is 0 Å². The number of nitrogens with zero attached hydrogens (tertiary/aromatic N) is 2. The summed E-state index contributed by atoms with van der Waals surface area (Å²) in [6, 6.07) is 19.0. The van der Waals surface area contributed by atoms with Crippen LogP contribution in [0.5, 0.6) is 0 Å². The minimum Gasteiger partial charge on any atom is -0.361 e. The lowest BCUT2D eigenvalue weighted by Crippen LogP contribution is -2.29. The standard InChI is InChI=1S/C22H24N4S/c1-14(2)16-8-10-17(11-9-16)26-21(19-12-7-15(3)24-19)20(25-22(26)27)18-6-4-5-13-23-18/h4-14,20-21,24H,1-3H3,(H,25,27). The molecule has 1 fully saturated rings. The molecule has 138 valence electrons. The average Bonchev–Trinajstić information content (AvgIpc) is 3.25. The van der Waals surface area contributed by atoms with Crippen molar-refractivity contribution < 1.29 is 0 Å². The molecule has 2 atom stereocenters. The Labute approximate surface area is 165 Å². The van der Waals surface area contributed by atoms with Crippen molar-refractivity contribution in [3.8, 4) is 0 Å². The van der Waals surface area contributed by atoms with Crippen LogP contribution in [0.25, 0.3) is 0 Å². The SMILES string of the molecule is Cc1ccc(C2C(c3ccccn3)NC(=S)N2c2ccc(C(C)C)cc2)[nH]1. The molecule has 0 bridgehead atoms. The molecule has 0 saturated carbocycles. The van der Waals surface area contributed by atoms with Crippen LogP contribution >= 0.6 is 12.2 Å². The highest BCUT2D eigenvalue weighted by molar-refractivity contribution is 7.80. The summed E-state index contributed by atoms with van der Waals surface area (Å²) in [6.45, 7) is 6.49. The van der Waals surface area contributed by atoms with Crippen LogP contribution < -0.4 is 10.2 Å². The molecular formula is C22H24N4S. The molecular weight excluding hydrogens is 352 g/mol. The third-order valence-electron chi connectivity index (χ3n) is 5.11. The first-order chi connectivity index (χ1) is 13.0. The van der Waals surface area contributed by atoms with E-state index >= 15 is 0 Å². The number of hydrogen-bond acceptors (Lipinski definition) is 2. The molecule has 4 rings (SSSR count). The summed E-state index contributed by atoms with van der Waals surface area (Å²) in [7, 11) is 0. The largest absolute Gasteiger partial charge is 0.361 e. The van der Waals surface area contributed by atoms with E-state index in [1.165, 1.54) is 5.56 Å². The Morgan fingerprint density at radius 2 is 1.81 bits per heavy atom. The molecule has 0 aliphatic carbocycles. The number of rotatable bonds is 4. The van der Waals surface area contributed by atoms with Gasteiger partial charge >= 0.3 is 0 Å². The van der Waals surface area contributed by atoms with E-state index in [0.717, 1.165) is 27.9 Å². The lowest BCUT2D eigenvalue weighted by molar-refractivity contribution is 0.558. The van der Waals surface area contributed by atoms with Crippen LogP contribution in [0, 0.1) is 6.92 Å². The van der Waals surface area contributed by atoms with Crippen molar-refractivity contribution in [1.82, 2.24) is 15.3 Å². The van der Waals surface area contributed by atoms with E-state index in [4.69, 9.17) is 12.2 Å². The quantitative estimate of drug-likeness (QED) is 0.628. The highest BCUT2D eigenvalue weighted by atomic mass is 32.1. The van der Waals surface area contributed by atoms with E-state index in [-0.39, 0.29) is 12.1 Å². The molecule has 0 radical (unpaired) electrons. The number of hydrogen-bond donors (Lipinski definition) is 2. The summed E-state index contributed by atoms with van der Waals surface area (Å²) in [6.07, 6.45) is 1.83. The predicted molar refractivity (Wildman–Crippen MR) is 114 cm³/mol. The predicted octanol–water partition coefficient (Wildman–Crippen LogP) is 5.02. The number of aromatic nitrogens is 2. The van der Waals surface area contributed by atoms with E-state index in [9.17, 15) is 0 Å². The van der Waals surface area contributed by atoms with Gasteiger partial charge in [-0.3, -0.25) is 4.98 Å². The van der Waals surface area contributed by atoms with E-state index < -0.39 is 0 Å². The molecule has 3 aromatic rings. The Morgan fingerprint density at radius 1 is 1.04 bits per heavy atom. The first-order valence-electron chi connectivity index (χ1n) is 9.30. The molecule has 1 saturated heterocycles. The minimum absolute atomic E-state index is 0.0125. The fraction of sp³-hybridized carbons (Fsp3) is 0.273. The van der Waals surface area contributed by atoms with Crippen LogP contribution in [-0.2, 0) is 0 Å². The van der Waals surface area contributed by atoms with Gasteiger partial charge in [-0.25, -0.2) is 0 Å². The van der Waals surface area contributed by atoms with Gasteiger partial charge in [0.05, 0.1) is 11.7 Å². The molecule has 1 aromatic carbocycles. The molecule has 0 amide bonds. The summed E-state index contributed by atoms with van der Waals surface area (Å²) >= 11 is 5.74. The molecule has 1 aliphatic rings. The molecule has 4 nitrogen and oxygen atoms in total. The number of aryl methyl sites for hydroxylation is 1. The molecule has 2 unspecified atom stereocenters. The van der Waals surface area contributed by atoms with Crippen molar-refractivity contribution in [2.75, 3.05) is 4.90 Å². The van der Waals surface area contributed by atoms with E-state index in [0.29, 0.717) is 5.92 Å². The zero-order valence-electron chi connectivity index (χ0n) is 15.8. The van der Waals surface area contributed by atoms with Crippen LogP contribution in [-0.4, -0.2) is 15.1 Å². The monoisotopic (exact) mass is 376 g/mol. The topological polar surface area (TPSA) is 44.0 Å². The van der Waals surface area contributed by atoms with Gasteiger partial charge in [-0.1, -0.05) is 32.0 Å². The summed E-state index contributed by atoms with van der Waals surface area (Å²) in [4.78, 5) is 10.3. The van der Waals surface area contributed by atoms with Gasteiger partial charge < -0.3 is 15.2 Å². The average molecular weight is 377 g/mol. The first kappa shape index (κ1) is 17.7. The molecule has 2 N–H and O–H groups in total. The Morgan fingerprint density at radius 3 is 2.41 bits per heavy atom. The van der Waals surface area contributed by atoms with Gasteiger partial charge in [-0.05, 0) is 67.0 Å². The van der Waals surface area contributed by atoms with Crippen molar-refractivity contribution >= 4 is 23.0 Å². The minimum atomic E-state index is -0.0125. The van der Waals surface area contributed by atoms with Crippen LogP contribution in [0.1, 0.15) is 54.5 Å². The number of benzene rings is 1. The number of nitrogens with one attached hydrogen (secondary N) is 2. The van der Waals surface area contributed by atoms with Gasteiger partial charge in [0.25, 0.3) is 0 Å². The van der Waals surface area contributed by atoms with Crippen LogP contribution in [0.4, 0.5) is 5.69 Å². The lowest BCUT2D eigenvalue weighted by Gasteiger charge is -2.27. The van der Waals surface area contributed by atoms with Gasteiger partial charge in [0.15, 0.2) is 5.11 Å². The maximum Gasteiger partial charge on any atom is 0.174 e. The van der Waals surface area contributed by atoms with Crippen LogP contribution in [0.15, 0.2) is 60.8 Å². The third kappa shape index (κ3) is 3.35. The second-order valence-electron chi connectivity index (χ2n) is 7.34. The van der Waals surface area contributed by atoms with Crippen molar-refractivity contribution in [3.05, 3.63) is 83.4 Å². The van der Waals surface area contributed by atoms with Crippen LogP contribution in [0.2, 0.25) is 0 Å². The number of thiocarbonyl (C=S) groups is 1.